The molecule has 2 rings (SSSR count). The van der Waals surface area contributed by atoms with E-state index in [1.807, 2.05) is 6.20 Å². The second kappa shape index (κ2) is 7.25. The quantitative estimate of drug-likeness (QED) is 0.658. The van der Waals surface area contributed by atoms with Gasteiger partial charge in [0.2, 0.25) is 0 Å². The third kappa shape index (κ3) is 4.33. The zero-order chi connectivity index (χ0) is 13.5. The number of nitrogens with one attached hydrogen (secondary N) is 2. The summed E-state index contributed by atoms with van der Waals surface area (Å²) >= 11 is 3.45. The van der Waals surface area contributed by atoms with E-state index in [4.69, 9.17) is 0 Å². The SMILES string of the molecule is CCc1cnc(CNC(=NC)NCc2ccsc2)s1. The molecule has 0 radical (unpaired) electrons. The van der Waals surface area contributed by atoms with Crippen LogP contribution in [0.15, 0.2) is 28.0 Å². The molecular formula is C13H18N4S2. The van der Waals surface area contributed by atoms with Crippen molar-refractivity contribution >= 4 is 28.6 Å². The lowest BCUT2D eigenvalue weighted by molar-refractivity contribution is 0.806. The Morgan fingerprint density at radius 3 is 2.84 bits per heavy atom. The van der Waals surface area contributed by atoms with Gasteiger partial charge in [-0.15, -0.1) is 11.3 Å². The summed E-state index contributed by atoms with van der Waals surface area (Å²) < 4.78 is 0. The molecule has 0 aliphatic rings. The highest BCUT2D eigenvalue weighted by atomic mass is 32.1. The van der Waals surface area contributed by atoms with Gasteiger partial charge in [-0.25, -0.2) is 4.98 Å². The van der Waals surface area contributed by atoms with Crippen LogP contribution in [0.25, 0.3) is 0 Å². The van der Waals surface area contributed by atoms with Crippen LogP contribution in [0, 0.1) is 0 Å². The largest absolute Gasteiger partial charge is 0.352 e. The summed E-state index contributed by atoms with van der Waals surface area (Å²) in [4.78, 5) is 9.90. The molecule has 0 spiro atoms. The van der Waals surface area contributed by atoms with E-state index in [1.165, 1.54) is 10.4 Å². The third-order valence-electron chi connectivity index (χ3n) is 2.62. The van der Waals surface area contributed by atoms with Gasteiger partial charge in [0.25, 0.3) is 0 Å². The Kier molecular flexibility index (Phi) is 5.35. The Morgan fingerprint density at radius 1 is 1.37 bits per heavy atom. The average Bonchev–Trinajstić information content (AvgIpc) is 3.10. The Balaban J connectivity index is 1.79. The van der Waals surface area contributed by atoms with Gasteiger partial charge in [0.05, 0.1) is 6.54 Å². The van der Waals surface area contributed by atoms with Crippen molar-refractivity contribution in [2.24, 2.45) is 4.99 Å². The van der Waals surface area contributed by atoms with Crippen molar-refractivity contribution in [2.75, 3.05) is 7.05 Å². The Labute approximate surface area is 121 Å². The van der Waals surface area contributed by atoms with Crippen LogP contribution in [0.5, 0.6) is 0 Å². The van der Waals surface area contributed by atoms with Crippen LogP contribution < -0.4 is 10.6 Å². The maximum absolute atomic E-state index is 4.38. The first-order valence-electron chi connectivity index (χ1n) is 6.21. The Hall–Kier alpha value is -1.40. The number of aromatic nitrogens is 1. The second-order valence-electron chi connectivity index (χ2n) is 3.98. The highest BCUT2D eigenvalue weighted by Crippen LogP contribution is 2.12. The lowest BCUT2D eigenvalue weighted by Gasteiger charge is -2.09. The number of hydrogen-bond acceptors (Lipinski definition) is 4. The highest BCUT2D eigenvalue weighted by molar-refractivity contribution is 7.11. The zero-order valence-electron chi connectivity index (χ0n) is 11.1. The summed E-state index contributed by atoms with van der Waals surface area (Å²) in [7, 11) is 1.78. The van der Waals surface area contributed by atoms with E-state index in [9.17, 15) is 0 Å². The first kappa shape index (κ1) is 14.0. The van der Waals surface area contributed by atoms with Gasteiger partial charge in [-0.2, -0.15) is 11.3 Å². The van der Waals surface area contributed by atoms with Crippen LogP contribution >= 0.6 is 22.7 Å². The van der Waals surface area contributed by atoms with E-state index < -0.39 is 0 Å². The van der Waals surface area contributed by atoms with E-state index in [-0.39, 0.29) is 0 Å². The predicted octanol–water partition coefficient (Wildman–Crippen LogP) is 2.63. The van der Waals surface area contributed by atoms with Gasteiger partial charge in [0, 0.05) is 24.7 Å². The highest BCUT2D eigenvalue weighted by Gasteiger charge is 2.02. The fourth-order valence-electron chi connectivity index (χ4n) is 1.55. The van der Waals surface area contributed by atoms with Gasteiger partial charge < -0.3 is 10.6 Å². The Morgan fingerprint density at radius 2 is 2.21 bits per heavy atom. The monoisotopic (exact) mass is 294 g/mol. The molecule has 0 bridgehead atoms. The first-order chi connectivity index (χ1) is 9.31. The van der Waals surface area contributed by atoms with Crippen LogP contribution in [0.4, 0.5) is 0 Å². The number of hydrogen-bond donors (Lipinski definition) is 2. The molecule has 0 fully saturated rings. The van der Waals surface area contributed by atoms with E-state index in [0.29, 0.717) is 6.54 Å². The molecule has 2 N–H and O–H groups in total. The smallest absolute Gasteiger partial charge is 0.191 e. The summed E-state index contributed by atoms with van der Waals surface area (Å²) in [6, 6.07) is 2.11. The molecule has 0 aliphatic heterocycles. The fraction of sp³-hybridized carbons (Fsp3) is 0.385. The summed E-state index contributed by atoms with van der Waals surface area (Å²) in [6.07, 6.45) is 2.99. The zero-order valence-corrected chi connectivity index (χ0v) is 12.8. The number of nitrogens with zero attached hydrogens (tertiary/aromatic N) is 2. The van der Waals surface area contributed by atoms with Gasteiger partial charge in [0.1, 0.15) is 5.01 Å². The van der Waals surface area contributed by atoms with Gasteiger partial charge in [-0.05, 0) is 28.8 Å². The molecule has 0 unspecified atom stereocenters. The van der Waals surface area contributed by atoms with Crippen molar-refractivity contribution in [1.29, 1.82) is 0 Å². The second-order valence-corrected chi connectivity index (χ2v) is 5.96. The van der Waals surface area contributed by atoms with Gasteiger partial charge in [0.15, 0.2) is 5.96 Å². The molecule has 102 valence electrons. The molecule has 2 aromatic heterocycles. The minimum atomic E-state index is 0.716. The molecule has 19 heavy (non-hydrogen) atoms. The fourth-order valence-corrected chi connectivity index (χ4v) is 3.02. The van der Waals surface area contributed by atoms with Crippen LogP contribution in [-0.4, -0.2) is 18.0 Å². The number of aryl methyl sites for hydroxylation is 1. The van der Waals surface area contributed by atoms with E-state index >= 15 is 0 Å². The lowest BCUT2D eigenvalue weighted by Crippen LogP contribution is -2.36. The number of rotatable bonds is 5. The number of thiophene rings is 1. The third-order valence-corrected chi connectivity index (χ3v) is 4.49. The van der Waals surface area contributed by atoms with Crippen molar-refractivity contribution in [2.45, 2.75) is 26.4 Å². The molecule has 0 saturated carbocycles. The number of guanidine groups is 1. The summed E-state index contributed by atoms with van der Waals surface area (Å²) in [6.45, 7) is 3.65. The van der Waals surface area contributed by atoms with E-state index in [2.05, 4.69) is 44.4 Å². The van der Waals surface area contributed by atoms with Crippen LogP contribution in [0.2, 0.25) is 0 Å². The minimum Gasteiger partial charge on any atom is -0.352 e. The van der Waals surface area contributed by atoms with Crippen molar-refractivity contribution in [3.63, 3.8) is 0 Å². The number of thiazole rings is 1. The maximum atomic E-state index is 4.38. The Bertz CT molecular complexity index is 516. The van der Waals surface area contributed by atoms with E-state index in [0.717, 1.165) is 23.9 Å². The summed E-state index contributed by atoms with van der Waals surface area (Å²) in [5.41, 5.74) is 1.27. The lowest BCUT2D eigenvalue weighted by atomic mass is 10.3. The van der Waals surface area contributed by atoms with Crippen molar-refractivity contribution < 1.29 is 0 Å². The van der Waals surface area contributed by atoms with Crippen LogP contribution in [0.3, 0.4) is 0 Å². The van der Waals surface area contributed by atoms with Gasteiger partial charge >= 0.3 is 0 Å². The normalized spacial score (nSPS) is 11.6. The average molecular weight is 294 g/mol. The molecule has 2 aromatic rings. The molecule has 4 nitrogen and oxygen atoms in total. The summed E-state index contributed by atoms with van der Waals surface area (Å²) in [5, 5.41) is 11.9. The van der Waals surface area contributed by atoms with E-state index in [1.54, 1.807) is 29.7 Å². The van der Waals surface area contributed by atoms with Gasteiger partial charge in [-0.1, -0.05) is 6.92 Å². The van der Waals surface area contributed by atoms with Crippen molar-refractivity contribution in [1.82, 2.24) is 15.6 Å². The molecule has 0 atom stereocenters. The molecule has 0 aromatic carbocycles. The first-order valence-corrected chi connectivity index (χ1v) is 7.97. The van der Waals surface area contributed by atoms with Crippen LogP contribution in [-0.2, 0) is 19.5 Å². The molecule has 2 heterocycles. The molecule has 0 amide bonds. The van der Waals surface area contributed by atoms with Crippen molar-refractivity contribution in [3.8, 4) is 0 Å². The van der Waals surface area contributed by atoms with Crippen LogP contribution in [0.1, 0.15) is 22.4 Å². The molecular weight excluding hydrogens is 276 g/mol. The predicted molar refractivity (Wildman–Crippen MR) is 82.8 cm³/mol. The molecule has 0 aliphatic carbocycles. The van der Waals surface area contributed by atoms with Gasteiger partial charge in [-0.3, -0.25) is 4.99 Å². The maximum Gasteiger partial charge on any atom is 0.191 e. The minimum absolute atomic E-state index is 0.716. The topological polar surface area (TPSA) is 49.3 Å². The standard InChI is InChI=1S/C13H18N4S2/c1-3-11-7-15-12(19-11)8-17-13(14-2)16-6-10-4-5-18-9-10/h4-5,7,9H,3,6,8H2,1-2H3,(H2,14,16,17). The van der Waals surface area contributed by atoms with Crippen molar-refractivity contribution in [3.05, 3.63) is 38.5 Å². The number of aliphatic imine (C=N–C) groups is 1. The molecule has 0 saturated heterocycles. The molecule has 6 heteroatoms. The summed E-state index contributed by atoms with van der Waals surface area (Å²) in [5.74, 6) is 0.805.